The molecule has 1 aliphatic heterocycles. The molecule has 2 N–H and O–H groups in total. The van der Waals surface area contributed by atoms with Crippen LogP contribution in [0.25, 0.3) is 0 Å². The number of aliphatic carboxylic acids is 1. The minimum Gasteiger partial charge on any atom is -0.481 e. The van der Waals surface area contributed by atoms with Gasteiger partial charge in [0, 0.05) is 34.2 Å². The molecule has 3 aromatic rings. The molecule has 1 amide bonds. The molecule has 0 fully saturated rings. The lowest BCUT2D eigenvalue weighted by molar-refractivity contribution is -0.138. The Morgan fingerprint density at radius 1 is 0.902 bits per heavy atom. The van der Waals surface area contributed by atoms with Crippen LogP contribution in [0, 0.1) is 0 Å². The van der Waals surface area contributed by atoms with Gasteiger partial charge in [-0.05, 0) is 64.8 Å². The summed E-state index contributed by atoms with van der Waals surface area (Å²) in [5, 5.41) is 13.9. The van der Waals surface area contributed by atoms with Gasteiger partial charge in [-0.15, -0.1) is 0 Å². The van der Waals surface area contributed by atoms with Gasteiger partial charge in [-0.3, -0.25) is 19.3 Å². The van der Waals surface area contributed by atoms with Crippen molar-refractivity contribution in [1.82, 2.24) is 0 Å². The number of hydrogen-bond donors (Lipinski definition) is 2. The third-order valence-electron chi connectivity index (χ3n) is 7.80. The average Bonchev–Trinajstić information content (AvgIpc) is 3.06. The number of allylic oxidation sites excluding steroid dienone is 1. The Morgan fingerprint density at radius 3 is 2.17 bits per heavy atom. The lowest BCUT2D eigenvalue weighted by Crippen LogP contribution is -2.38. The van der Waals surface area contributed by atoms with Gasteiger partial charge in [0.25, 0.3) is 0 Å². The van der Waals surface area contributed by atoms with Crippen molar-refractivity contribution < 1.29 is 19.5 Å². The molecular weight excluding hydrogens is 559 g/mol. The summed E-state index contributed by atoms with van der Waals surface area (Å²) in [6.07, 6.45) is 0.285. The number of carbonyl (C=O) groups excluding carboxylic acids is 2. The van der Waals surface area contributed by atoms with E-state index in [1.807, 2.05) is 48.5 Å². The number of nitrogens with one attached hydrogen (secondary N) is 1. The van der Waals surface area contributed by atoms with Crippen LogP contribution in [-0.2, 0) is 19.8 Å². The highest BCUT2D eigenvalue weighted by atomic mass is 35.5. The van der Waals surface area contributed by atoms with Crippen molar-refractivity contribution in [3.8, 4) is 0 Å². The zero-order valence-electron chi connectivity index (χ0n) is 23.2. The zero-order chi connectivity index (χ0) is 29.5. The van der Waals surface area contributed by atoms with E-state index in [0.29, 0.717) is 33.4 Å². The summed E-state index contributed by atoms with van der Waals surface area (Å²) in [6, 6.07) is 20.0. The Bertz CT molecular complexity index is 1540. The second kappa shape index (κ2) is 11.3. The summed E-state index contributed by atoms with van der Waals surface area (Å²) in [6.45, 7) is 6.38. The fraction of sp³-hybridized carbons (Fsp3) is 0.303. The predicted molar refractivity (Wildman–Crippen MR) is 163 cm³/mol. The van der Waals surface area contributed by atoms with E-state index in [0.717, 1.165) is 22.4 Å². The predicted octanol–water partition coefficient (Wildman–Crippen LogP) is 8.06. The number of carbonyl (C=O) groups is 3. The van der Waals surface area contributed by atoms with Gasteiger partial charge in [-0.25, -0.2) is 0 Å². The minimum atomic E-state index is -1.06. The molecule has 0 saturated heterocycles. The van der Waals surface area contributed by atoms with Crippen LogP contribution in [0.3, 0.4) is 0 Å². The average molecular weight is 592 g/mol. The number of halogens is 2. The van der Waals surface area contributed by atoms with E-state index in [2.05, 4.69) is 26.1 Å². The Hall–Kier alpha value is -3.61. The maximum absolute atomic E-state index is 14.1. The SMILES string of the molecule is CC(C)(C)c1ccc([C@@H]2C3=C(C[C@@H](c4ccc(Cl)cc4)CC3=O)Nc3cc(Cl)ccc3N2C(=O)CCC(=O)O)cc1. The van der Waals surface area contributed by atoms with Crippen LogP contribution in [0.15, 0.2) is 78.0 Å². The molecule has 0 radical (unpaired) electrons. The fourth-order valence-corrected chi connectivity index (χ4v) is 5.98. The van der Waals surface area contributed by atoms with Crippen molar-refractivity contribution in [2.24, 2.45) is 0 Å². The molecule has 3 aromatic carbocycles. The topological polar surface area (TPSA) is 86.7 Å². The van der Waals surface area contributed by atoms with Crippen LogP contribution in [0.4, 0.5) is 11.4 Å². The first kappa shape index (κ1) is 28.9. The van der Waals surface area contributed by atoms with Crippen molar-refractivity contribution >= 4 is 52.2 Å². The summed E-state index contributed by atoms with van der Waals surface area (Å²) in [5.74, 6) is -1.59. The smallest absolute Gasteiger partial charge is 0.303 e. The first-order valence-corrected chi connectivity index (χ1v) is 14.4. The molecule has 6 nitrogen and oxygen atoms in total. The van der Waals surface area contributed by atoms with E-state index in [4.69, 9.17) is 23.2 Å². The number of anilines is 2. The molecule has 8 heteroatoms. The first-order valence-electron chi connectivity index (χ1n) is 13.6. The summed E-state index contributed by atoms with van der Waals surface area (Å²) in [7, 11) is 0. The largest absolute Gasteiger partial charge is 0.481 e. The van der Waals surface area contributed by atoms with E-state index in [1.54, 1.807) is 23.1 Å². The molecule has 0 bridgehead atoms. The second-order valence-electron chi connectivity index (χ2n) is 11.7. The van der Waals surface area contributed by atoms with E-state index >= 15 is 0 Å². The number of nitrogens with zero attached hydrogens (tertiary/aromatic N) is 1. The summed E-state index contributed by atoms with van der Waals surface area (Å²) in [4.78, 5) is 41.0. The molecule has 41 heavy (non-hydrogen) atoms. The zero-order valence-corrected chi connectivity index (χ0v) is 24.7. The van der Waals surface area contributed by atoms with Crippen LogP contribution >= 0.6 is 23.2 Å². The summed E-state index contributed by atoms with van der Waals surface area (Å²) < 4.78 is 0. The Balaban J connectivity index is 1.70. The lowest BCUT2D eigenvalue weighted by Gasteiger charge is -2.35. The highest BCUT2D eigenvalue weighted by Crippen LogP contribution is 2.48. The second-order valence-corrected chi connectivity index (χ2v) is 12.6. The molecule has 1 aliphatic carbocycles. The number of carboxylic acids is 1. The monoisotopic (exact) mass is 590 g/mol. The molecule has 212 valence electrons. The number of ketones is 1. The molecule has 0 spiro atoms. The van der Waals surface area contributed by atoms with Gasteiger partial charge in [0.05, 0.1) is 23.8 Å². The number of carboxylic acid groups (broad SMARTS) is 1. The third kappa shape index (κ3) is 6.04. The highest BCUT2D eigenvalue weighted by molar-refractivity contribution is 6.31. The molecule has 0 aromatic heterocycles. The van der Waals surface area contributed by atoms with Crippen LogP contribution in [0.5, 0.6) is 0 Å². The first-order chi connectivity index (χ1) is 19.4. The lowest BCUT2D eigenvalue weighted by atomic mass is 9.77. The minimum absolute atomic E-state index is 0.0708. The van der Waals surface area contributed by atoms with Gasteiger partial charge in [-0.2, -0.15) is 0 Å². The van der Waals surface area contributed by atoms with E-state index < -0.39 is 12.0 Å². The Labute approximate surface area is 250 Å². The summed E-state index contributed by atoms with van der Waals surface area (Å²) in [5.41, 5.74) is 5.19. The van der Waals surface area contributed by atoms with Crippen molar-refractivity contribution in [1.29, 1.82) is 0 Å². The van der Waals surface area contributed by atoms with Crippen LogP contribution < -0.4 is 10.2 Å². The third-order valence-corrected chi connectivity index (χ3v) is 8.29. The molecule has 5 rings (SSSR count). The molecule has 1 heterocycles. The van der Waals surface area contributed by atoms with Crippen molar-refractivity contribution in [2.45, 2.75) is 63.8 Å². The number of amides is 1. The number of hydrogen-bond acceptors (Lipinski definition) is 4. The van der Waals surface area contributed by atoms with Gasteiger partial charge < -0.3 is 10.4 Å². The molecule has 2 atom stereocenters. The van der Waals surface area contributed by atoms with Gasteiger partial charge in [0.2, 0.25) is 5.91 Å². The standard InChI is InChI=1S/C33H32Cl2N2O4/c1-33(2,3)22-8-4-20(5-9-22)32-31-26(16-21(17-28(31)38)19-6-10-23(34)11-7-19)36-25-18-24(35)12-13-27(25)37(32)29(39)14-15-30(40)41/h4-13,18,21,32,36H,14-17H2,1-3H3,(H,40,41)/t21-,32-/m1/s1. The molecule has 0 saturated carbocycles. The van der Waals surface area contributed by atoms with Crippen LogP contribution in [0.2, 0.25) is 10.0 Å². The van der Waals surface area contributed by atoms with E-state index in [-0.39, 0.29) is 42.3 Å². The fourth-order valence-electron chi connectivity index (χ4n) is 5.68. The number of fused-ring (bicyclic) bond motifs is 1. The van der Waals surface area contributed by atoms with E-state index in [9.17, 15) is 19.5 Å². The van der Waals surface area contributed by atoms with Gasteiger partial charge in [0.1, 0.15) is 0 Å². The summed E-state index contributed by atoms with van der Waals surface area (Å²) >= 11 is 12.5. The quantitative estimate of drug-likeness (QED) is 0.314. The maximum atomic E-state index is 14.1. The Morgan fingerprint density at radius 2 is 1.54 bits per heavy atom. The Kier molecular flexibility index (Phi) is 8.00. The van der Waals surface area contributed by atoms with Gasteiger partial charge in [-0.1, -0.05) is 80.4 Å². The van der Waals surface area contributed by atoms with Crippen LogP contribution in [-0.4, -0.2) is 22.8 Å². The van der Waals surface area contributed by atoms with Gasteiger partial charge >= 0.3 is 5.97 Å². The number of benzene rings is 3. The van der Waals surface area contributed by atoms with Crippen molar-refractivity contribution in [2.75, 3.05) is 10.2 Å². The highest BCUT2D eigenvalue weighted by Gasteiger charge is 2.41. The molecule has 0 unspecified atom stereocenters. The number of Topliss-reactive ketones (excluding diaryl/α,β-unsaturated/α-hetero) is 1. The van der Waals surface area contributed by atoms with Crippen molar-refractivity contribution in [3.63, 3.8) is 0 Å². The maximum Gasteiger partial charge on any atom is 0.303 e. The van der Waals surface area contributed by atoms with E-state index in [1.165, 1.54) is 0 Å². The normalized spacial score (nSPS) is 18.8. The molecule has 2 aliphatic rings. The molecular formula is C33H32Cl2N2O4. The number of rotatable bonds is 5. The van der Waals surface area contributed by atoms with Crippen LogP contribution in [0.1, 0.15) is 75.1 Å². The van der Waals surface area contributed by atoms with Crippen molar-refractivity contribution in [3.05, 3.63) is 105 Å². The van der Waals surface area contributed by atoms with Gasteiger partial charge in [0.15, 0.2) is 5.78 Å².